The summed E-state index contributed by atoms with van der Waals surface area (Å²) in [6.07, 6.45) is 4.13. The van der Waals surface area contributed by atoms with Crippen LogP contribution in [0.5, 0.6) is 0 Å². The first-order valence-electron chi connectivity index (χ1n) is 8.03. The summed E-state index contributed by atoms with van der Waals surface area (Å²) in [7, 11) is 2.04. The van der Waals surface area contributed by atoms with Gasteiger partial charge in [-0.05, 0) is 67.5 Å². The summed E-state index contributed by atoms with van der Waals surface area (Å²) >= 11 is 0. The zero-order valence-corrected chi connectivity index (χ0v) is 13.3. The van der Waals surface area contributed by atoms with Gasteiger partial charge in [-0.3, -0.25) is 0 Å². The van der Waals surface area contributed by atoms with Crippen LogP contribution in [0.2, 0.25) is 0 Å². The van der Waals surface area contributed by atoms with E-state index < -0.39 is 0 Å². The molecule has 1 nitrogen and oxygen atoms in total. The summed E-state index contributed by atoms with van der Waals surface area (Å²) in [4.78, 5) is 0. The molecule has 0 aromatic heterocycles. The molecule has 0 radical (unpaired) electrons. The van der Waals surface area contributed by atoms with E-state index in [1.165, 1.54) is 47.1 Å². The topological polar surface area (TPSA) is 12.0 Å². The molecule has 1 saturated carbocycles. The van der Waals surface area contributed by atoms with Gasteiger partial charge >= 0.3 is 0 Å². The van der Waals surface area contributed by atoms with Crippen molar-refractivity contribution in [2.24, 2.45) is 0 Å². The monoisotopic (exact) mass is 279 g/mol. The highest BCUT2D eigenvalue weighted by molar-refractivity contribution is 5.38. The fourth-order valence-electron chi connectivity index (χ4n) is 3.17. The van der Waals surface area contributed by atoms with Crippen molar-refractivity contribution in [2.75, 3.05) is 7.05 Å². The largest absolute Gasteiger partial charge is 0.309 e. The van der Waals surface area contributed by atoms with Crippen molar-refractivity contribution in [1.29, 1.82) is 0 Å². The van der Waals surface area contributed by atoms with E-state index in [4.69, 9.17) is 0 Å². The second-order valence-corrected chi connectivity index (χ2v) is 6.36. The smallest absolute Gasteiger partial charge is 0.0574 e. The molecular formula is C20H25N. The van der Waals surface area contributed by atoms with Crippen molar-refractivity contribution in [3.8, 4) is 0 Å². The van der Waals surface area contributed by atoms with Crippen LogP contribution in [0.15, 0.2) is 42.5 Å². The molecule has 0 spiro atoms. The van der Waals surface area contributed by atoms with E-state index in [0.29, 0.717) is 0 Å². The fourth-order valence-corrected chi connectivity index (χ4v) is 3.17. The Bertz CT molecular complexity index is 608. The first-order valence-corrected chi connectivity index (χ1v) is 8.03. The van der Waals surface area contributed by atoms with Crippen LogP contribution in [0.1, 0.15) is 59.0 Å². The minimum absolute atomic E-state index is 0.278. The summed E-state index contributed by atoms with van der Waals surface area (Å²) in [5, 5.41) is 3.46. The lowest BCUT2D eigenvalue weighted by molar-refractivity contribution is 0.419. The van der Waals surface area contributed by atoms with Crippen LogP contribution in [0.4, 0.5) is 0 Å². The Hall–Kier alpha value is -1.60. The average molecular weight is 279 g/mol. The van der Waals surface area contributed by atoms with E-state index in [0.717, 1.165) is 5.92 Å². The molecule has 21 heavy (non-hydrogen) atoms. The highest BCUT2D eigenvalue weighted by Gasteiger charge is 2.20. The molecule has 110 valence electrons. The Morgan fingerprint density at radius 3 is 2.10 bits per heavy atom. The molecule has 0 heterocycles. The molecule has 1 N–H and O–H groups in total. The molecule has 0 amide bonds. The van der Waals surface area contributed by atoms with E-state index in [2.05, 4.69) is 61.6 Å². The lowest BCUT2D eigenvalue weighted by atomic mass is 9.79. The van der Waals surface area contributed by atoms with Crippen LogP contribution in [0.3, 0.4) is 0 Å². The predicted molar refractivity (Wildman–Crippen MR) is 89.9 cm³/mol. The van der Waals surface area contributed by atoms with Crippen molar-refractivity contribution in [2.45, 2.75) is 45.1 Å². The fraction of sp³-hybridized carbons (Fsp3) is 0.400. The molecule has 1 unspecified atom stereocenters. The van der Waals surface area contributed by atoms with Gasteiger partial charge in [0.05, 0.1) is 6.04 Å². The second kappa shape index (κ2) is 6.03. The van der Waals surface area contributed by atoms with Crippen molar-refractivity contribution < 1.29 is 0 Å². The van der Waals surface area contributed by atoms with E-state index in [-0.39, 0.29) is 6.04 Å². The zero-order valence-electron chi connectivity index (χ0n) is 13.3. The first-order chi connectivity index (χ1) is 10.2. The molecule has 1 aliphatic carbocycles. The molecule has 2 aromatic rings. The zero-order chi connectivity index (χ0) is 14.8. The molecule has 1 heteroatoms. The summed E-state index contributed by atoms with van der Waals surface area (Å²) < 4.78 is 0. The lowest BCUT2D eigenvalue weighted by Gasteiger charge is -2.26. The Balaban J connectivity index is 1.86. The summed E-state index contributed by atoms with van der Waals surface area (Å²) in [6.45, 7) is 4.35. The molecule has 1 fully saturated rings. The third-order valence-corrected chi connectivity index (χ3v) is 5.00. The Kier molecular flexibility index (Phi) is 4.12. The van der Waals surface area contributed by atoms with Crippen LogP contribution >= 0.6 is 0 Å². The molecule has 1 atom stereocenters. The van der Waals surface area contributed by atoms with Crippen molar-refractivity contribution in [3.63, 3.8) is 0 Å². The Labute approximate surface area is 128 Å². The van der Waals surface area contributed by atoms with Gasteiger partial charge in [0.1, 0.15) is 0 Å². The minimum Gasteiger partial charge on any atom is -0.309 e. The van der Waals surface area contributed by atoms with E-state index >= 15 is 0 Å². The molecule has 0 bridgehead atoms. The third kappa shape index (κ3) is 2.89. The number of hydrogen-bond donors (Lipinski definition) is 1. The quantitative estimate of drug-likeness (QED) is 0.841. The van der Waals surface area contributed by atoms with Crippen molar-refractivity contribution in [1.82, 2.24) is 5.32 Å². The highest BCUT2D eigenvalue weighted by Crippen LogP contribution is 2.36. The van der Waals surface area contributed by atoms with Crippen LogP contribution in [-0.2, 0) is 0 Å². The molecule has 3 rings (SSSR count). The van der Waals surface area contributed by atoms with Gasteiger partial charge in [0.25, 0.3) is 0 Å². The SMILES string of the molecule is CNC(c1ccc(C2CCC2)cc1)c1ccc(C)c(C)c1. The van der Waals surface area contributed by atoms with E-state index in [9.17, 15) is 0 Å². The maximum Gasteiger partial charge on any atom is 0.0574 e. The van der Waals surface area contributed by atoms with E-state index in [1.54, 1.807) is 0 Å². The van der Waals surface area contributed by atoms with Gasteiger partial charge in [0.2, 0.25) is 0 Å². The minimum atomic E-state index is 0.278. The van der Waals surface area contributed by atoms with Gasteiger partial charge < -0.3 is 5.32 Å². The number of hydrogen-bond acceptors (Lipinski definition) is 1. The number of rotatable bonds is 4. The van der Waals surface area contributed by atoms with Gasteiger partial charge in [0.15, 0.2) is 0 Å². The van der Waals surface area contributed by atoms with E-state index in [1.807, 2.05) is 7.05 Å². The van der Waals surface area contributed by atoms with Crippen molar-refractivity contribution >= 4 is 0 Å². The molecular weight excluding hydrogens is 254 g/mol. The number of aryl methyl sites for hydroxylation is 2. The molecule has 1 aliphatic rings. The van der Waals surface area contributed by atoms with Gasteiger partial charge in [-0.15, -0.1) is 0 Å². The molecule has 2 aromatic carbocycles. The number of nitrogens with one attached hydrogen (secondary N) is 1. The summed E-state index contributed by atoms with van der Waals surface area (Å²) in [6, 6.07) is 16.3. The maximum atomic E-state index is 3.46. The standard InChI is InChI=1S/C20H25N/c1-14-7-8-19(13-15(14)2)20(21-3)18-11-9-17(10-12-18)16-5-4-6-16/h7-13,16,20-21H,4-6H2,1-3H3. The average Bonchev–Trinajstić information content (AvgIpc) is 2.43. The van der Waals surface area contributed by atoms with Crippen LogP contribution in [0.25, 0.3) is 0 Å². The maximum absolute atomic E-state index is 3.46. The Morgan fingerprint density at radius 2 is 1.57 bits per heavy atom. The van der Waals surface area contributed by atoms with Crippen LogP contribution < -0.4 is 5.32 Å². The number of benzene rings is 2. The van der Waals surface area contributed by atoms with Gasteiger partial charge in [-0.2, -0.15) is 0 Å². The summed E-state index contributed by atoms with van der Waals surface area (Å²) in [5.41, 5.74) is 6.92. The highest BCUT2D eigenvalue weighted by atomic mass is 14.9. The second-order valence-electron chi connectivity index (χ2n) is 6.36. The van der Waals surface area contributed by atoms with Gasteiger partial charge in [0, 0.05) is 0 Å². The molecule has 0 aliphatic heterocycles. The normalized spacial score (nSPS) is 16.5. The van der Waals surface area contributed by atoms with Gasteiger partial charge in [-0.1, -0.05) is 48.9 Å². The predicted octanol–water partition coefficient (Wildman–Crippen LogP) is 4.88. The van der Waals surface area contributed by atoms with Crippen LogP contribution in [-0.4, -0.2) is 7.05 Å². The van der Waals surface area contributed by atoms with Crippen molar-refractivity contribution in [3.05, 3.63) is 70.3 Å². The lowest BCUT2D eigenvalue weighted by Crippen LogP contribution is -2.18. The van der Waals surface area contributed by atoms with Gasteiger partial charge in [-0.25, -0.2) is 0 Å². The van der Waals surface area contributed by atoms with Crippen LogP contribution in [0, 0.1) is 13.8 Å². The third-order valence-electron chi connectivity index (χ3n) is 5.00. The first kappa shape index (κ1) is 14.3. The molecule has 0 saturated heterocycles. The Morgan fingerprint density at radius 1 is 0.905 bits per heavy atom. The summed E-state index contributed by atoms with van der Waals surface area (Å²) in [5.74, 6) is 0.814.